The number of nitrogens with zero attached hydrogens (tertiary/aromatic N) is 1. The maximum absolute atomic E-state index is 13.4. The van der Waals surface area contributed by atoms with E-state index in [2.05, 4.69) is 15.6 Å². The van der Waals surface area contributed by atoms with Crippen LogP contribution >= 0.6 is 11.6 Å². The van der Waals surface area contributed by atoms with E-state index in [1.165, 1.54) is 18.2 Å². The van der Waals surface area contributed by atoms with Crippen LogP contribution in [0.25, 0.3) is 0 Å². The van der Waals surface area contributed by atoms with Crippen LogP contribution < -0.4 is 10.6 Å². The minimum Gasteiger partial charge on any atom is -0.376 e. The average molecular weight is 390 g/mol. The van der Waals surface area contributed by atoms with Gasteiger partial charge in [0.25, 0.3) is 5.91 Å². The minimum absolute atomic E-state index is 0.0355. The van der Waals surface area contributed by atoms with Crippen molar-refractivity contribution in [2.45, 2.75) is 25.9 Å². The highest BCUT2D eigenvalue weighted by Gasteiger charge is 2.16. The average Bonchev–Trinajstić information content (AvgIpc) is 3.17. The van der Waals surface area contributed by atoms with Crippen LogP contribution in [0, 0.1) is 12.7 Å². The van der Waals surface area contributed by atoms with Crippen LogP contribution in [0.1, 0.15) is 28.8 Å². The van der Waals surface area contributed by atoms with Crippen LogP contribution in [0.5, 0.6) is 0 Å². The Bertz CT molecular complexity index is 851. The molecule has 0 aromatic heterocycles. The standard InChI is InChI=1S/C20H21ClFN3O2/c1-13-17(21)8-3-9-18(13)24-20(23-12-16-7-4-10-27-16)25-19(26)14-5-2-6-15(22)11-14/h2-3,5-6,8-9,11,16H,4,7,10,12H2,1H3,(H2,23,24,25,26). The van der Waals surface area contributed by atoms with E-state index in [1.807, 2.05) is 19.1 Å². The summed E-state index contributed by atoms with van der Waals surface area (Å²) in [5, 5.41) is 6.43. The summed E-state index contributed by atoms with van der Waals surface area (Å²) in [4.78, 5) is 17.0. The molecule has 2 aromatic rings. The van der Waals surface area contributed by atoms with Crippen LogP contribution in [-0.2, 0) is 4.74 Å². The number of carbonyl (C=O) groups is 1. The summed E-state index contributed by atoms with van der Waals surface area (Å²) in [6.07, 6.45) is 1.98. The Hall–Kier alpha value is -2.44. The van der Waals surface area contributed by atoms with Gasteiger partial charge in [-0.2, -0.15) is 0 Å². The second-order valence-electron chi connectivity index (χ2n) is 6.33. The molecule has 1 aliphatic rings. The van der Waals surface area contributed by atoms with Gasteiger partial charge in [0.1, 0.15) is 5.82 Å². The molecule has 0 bridgehead atoms. The molecule has 3 rings (SSSR count). The fourth-order valence-corrected chi connectivity index (χ4v) is 2.95. The number of hydrogen-bond donors (Lipinski definition) is 2. The lowest BCUT2D eigenvalue weighted by Gasteiger charge is -2.15. The highest BCUT2D eigenvalue weighted by atomic mass is 35.5. The molecular weight excluding hydrogens is 369 g/mol. The first-order chi connectivity index (χ1) is 13.0. The number of anilines is 1. The molecule has 0 saturated carbocycles. The molecule has 142 valence electrons. The Balaban J connectivity index is 1.79. The zero-order valence-corrected chi connectivity index (χ0v) is 15.7. The predicted octanol–water partition coefficient (Wildman–Crippen LogP) is 4.16. The van der Waals surface area contributed by atoms with Gasteiger partial charge in [0.2, 0.25) is 5.96 Å². The van der Waals surface area contributed by atoms with Gasteiger partial charge in [0, 0.05) is 22.9 Å². The quantitative estimate of drug-likeness (QED) is 0.609. The molecule has 7 heteroatoms. The summed E-state index contributed by atoms with van der Waals surface area (Å²) in [6, 6.07) is 10.9. The molecule has 1 heterocycles. The molecule has 0 spiro atoms. The summed E-state index contributed by atoms with van der Waals surface area (Å²) >= 11 is 6.17. The van der Waals surface area contributed by atoms with Crippen LogP contribution in [-0.4, -0.2) is 31.1 Å². The van der Waals surface area contributed by atoms with Crippen molar-refractivity contribution in [1.29, 1.82) is 0 Å². The Morgan fingerprint density at radius 2 is 2.15 bits per heavy atom. The molecular formula is C20H21ClFN3O2. The molecule has 1 unspecified atom stereocenters. The highest BCUT2D eigenvalue weighted by Crippen LogP contribution is 2.23. The number of halogens is 2. The fourth-order valence-electron chi connectivity index (χ4n) is 2.77. The number of benzene rings is 2. The van der Waals surface area contributed by atoms with Crippen molar-refractivity contribution in [3.05, 3.63) is 64.4 Å². The van der Waals surface area contributed by atoms with Crippen LogP contribution in [0.2, 0.25) is 5.02 Å². The minimum atomic E-state index is -0.473. The lowest BCUT2D eigenvalue weighted by atomic mass is 10.2. The third-order valence-corrected chi connectivity index (χ3v) is 4.73. The normalized spacial score (nSPS) is 17.0. The third kappa shape index (κ3) is 5.28. The summed E-state index contributed by atoms with van der Waals surface area (Å²) in [6.45, 7) is 3.02. The number of guanidine groups is 1. The van der Waals surface area contributed by atoms with Crippen molar-refractivity contribution in [3.63, 3.8) is 0 Å². The van der Waals surface area contributed by atoms with Gasteiger partial charge in [-0.25, -0.2) is 9.38 Å². The second kappa shape index (κ2) is 8.97. The lowest BCUT2D eigenvalue weighted by Crippen LogP contribution is -2.37. The number of nitrogens with one attached hydrogen (secondary N) is 2. The SMILES string of the molecule is Cc1c(Cl)cccc1NC(=NCC1CCCO1)NC(=O)c1cccc(F)c1. The molecule has 5 nitrogen and oxygen atoms in total. The van der Waals surface area contributed by atoms with E-state index in [9.17, 15) is 9.18 Å². The molecule has 0 radical (unpaired) electrons. The first-order valence-electron chi connectivity index (χ1n) is 8.78. The molecule has 1 saturated heterocycles. The summed E-state index contributed by atoms with van der Waals surface area (Å²) < 4.78 is 19.0. The first kappa shape index (κ1) is 19.3. The Kier molecular flexibility index (Phi) is 6.42. The smallest absolute Gasteiger partial charge is 0.258 e. The van der Waals surface area contributed by atoms with Gasteiger partial charge in [0.05, 0.1) is 12.6 Å². The van der Waals surface area contributed by atoms with Gasteiger partial charge in [-0.3, -0.25) is 10.1 Å². The van der Waals surface area contributed by atoms with Crippen LogP contribution in [0.3, 0.4) is 0 Å². The zero-order valence-electron chi connectivity index (χ0n) is 15.0. The predicted molar refractivity (Wildman–Crippen MR) is 105 cm³/mol. The van der Waals surface area contributed by atoms with Gasteiger partial charge in [0.15, 0.2) is 0 Å². The van der Waals surface area contributed by atoms with Crippen LogP contribution in [0.15, 0.2) is 47.5 Å². The van der Waals surface area contributed by atoms with E-state index in [0.717, 1.165) is 30.7 Å². The van der Waals surface area contributed by atoms with E-state index in [-0.39, 0.29) is 17.6 Å². The molecule has 2 N–H and O–H groups in total. The van der Waals surface area contributed by atoms with Crippen molar-refractivity contribution in [2.24, 2.45) is 4.99 Å². The topological polar surface area (TPSA) is 62.7 Å². The number of ether oxygens (including phenoxy) is 1. The molecule has 0 aliphatic carbocycles. The molecule has 1 atom stereocenters. The van der Waals surface area contributed by atoms with E-state index in [1.54, 1.807) is 12.1 Å². The van der Waals surface area contributed by atoms with E-state index in [4.69, 9.17) is 16.3 Å². The maximum Gasteiger partial charge on any atom is 0.258 e. The van der Waals surface area contributed by atoms with Gasteiger partial charge in [-0.05, 0) is 55.7 Å². The zero-order chi connectivity index (χ0) is 19.2. The Labute approximate surface area is 162 Å². The van der Waals surface area contributed by atoms with Crippen LogP contribution in [0.4, 0.5) is 10.1 Å². The molecule has 1 amide bonds. The second-order valence-corrected chi connectivity index (χ2v) is 6.73. The number of aliphatic imine (C=N–C) groups is 1. The summed E-state index contributed by atoms with van der Waals surface area (Å²) in [7, 11) is 0. The summed E-state index contributed by atoms with van der Waals surface area (Å²) in [5.41, 5.74) is 1.78. The van der Waals surface area contributed by atoms with E-state index < -0.39 is 11.7 Å². The van der Waals surface area contributed by atoms with Crippen molar-refractivity contribution in [3.8, 4) is 0 Å². The summed E-state index contributed by atoms with van der Waals surface area (Å²) in [5.74, 6) is -0.656. The van der Waals surface area contributed by atoms with Gasteiger partial charge < -0.3 is 10.1 Å². The fraction of sp³-hybridized carbons (Fsp3) is 0.300. The number of amides is 1. The Morgan fingerprint density at radius 1 is 1.33 bits per heavy atom. The van der Waals surface area contributed by atoms with Crippen molar-refractivity contribution < 1.29 is 13.9 Å². The molecule has 1 aliphatic heterocycles. The maximum atomic E-state index is 13.4. The molecule has 2 aromatic carbocycles. The number of hydrogen-bond acceptors (Lipinski definition) is 3. The highest BCUT2D eigenvalue weighted by molar-refractivity contribution is 6.31. The van der Waals surface area contributed by atoms with Crippen molar-refractivity contribution >= 4 is 29.2 Å². The molecule has 1 fully saturated rings. The van der Waals surface area contributed by atoms with Gasteiger partial charge >= 0.3 is 0 Å². The molecule has 27 heavy (non-hydrogen) atoms. The van der Waals surface area contributed by atoms with Gasteiger partial charge in [-0.15, -0.1) is 0 Å². The van der Waals surface area contributed by atoms with E-state index in [0.29, 0.717) is 11.6 Å². The van der Waals surface area contributed by atoms with E-state index >= 15 is 0 Å². The number of rotatable bonds is 4. The van der Waals surface area contributed by atoms with Gasteiger partial charge in [-0.1, -0.05) is 23.7 Å². The number of carbonyl (C=O) groups excluding carboxylic acids is 1. The monoisotopic (exact) mass is 389 g/mol. The largest absolute Gasteiger partial charge is 0.376 e. The first-order valence-corrected chi connectivity index (χ1v) is 9.16. The van der Waals surface area contributed by atoms with Crippen molar-refractivity contribution in [1.82, 2.24) is 5.32 Å². The Morgan fingerprint density at radius 3 is 2.89 bits per heavy atom. The lowest BCUT2D eigenvalue weighted by molar-refractivity contribution is 0.0975. The third-order valence-electron chi connectivity index (χ3n) is 4.32. The van der Waals surface area contributed by atoms with Crippen molar-refractivity contribution in [2.75, 3.05) is 18.5 Å².